The molecule has 0 fully saturated rings. The molecule has 1 aliphatic rings. The van der Waals surface area contributed by atoms with E-state index in [-0.39, 0.29) is 21.1 Å². The van der Waals surface area contributed by atoms with E-state index in [4.69, 9.17) is 14.7 Å². The number of benzene rings is 8. The van der Waals surface area contributed by atoms with Gasteiger partial charge in [0, 0.05) is 68.6 Å². The maximum Gasteiger partial charge on any atom is 2.00 e. The summed E-state index contributed by atoms with van der Waals surface area (Å²) in [5, 5.41) is 10.5. The SMILES string of the molecule is [Pt+2].[c-]1c(Oc2[c-]c3c(cc2)c2ccccc2n2ccnc32)cccc1-n1c2ncccc2c2ccc3c(c21)[Si](c1ccccc1)(c1ccccc1)c1ccccc1N3c1ccccc1. The number of ether oxygens (including phenoxy) is 1. The molecule has 6 nitrogen and oxygen atoms in total. The van der Waals surface area contributed by atoms with Gasteiger partial charge in [-0.1, -0.05) is 144 Å². The first kappa shape index (κ1) is 38.1. The number of rotatable bonds is 6. The van der Waals surface area contributed by atoms with E-state index < -0.39 is 8.07 Å². The van der Waals surface area contributed by atoms with Crippen LogP contribution in [0.3, 0.4) is 0 Å². The predicted octanol–water partition coefficient (Wildman–Crippen LogP) is 10.7. The van der Waals surface area contributed by atoms with Crippen LogP contribution in [0, 0.1) is 12.1 Å². The van der Waals surface area contributed by atoms with Crippen molar-refractivity contribution >= 4 is 95.1 Å². The molecule has 0 atom stereocenters. The first-order valence-electron chi connectivity index (χ1n) is 21.2. The Bertz CT molecular complexity index is 3700. The van der Waals surface area contributed by atoms with Gasteiger partial charge in [0.15, 0.2) is 8.07 Å². The van der Waals surface area contributed by atoms with E-state index in [1.165, 1.54) is 26.4 Å². The molecule has 0 aliphatic carbocycles. The summed E-state index contributed by atoms with van der Waals surface area (Å²) in [6.45, 7) is 0. The van der Waals surface area contributed by atoms with Crippen molar-refractivity contribution in [1.82, 2.24) is 18.9 Å². The summed E-state index contributed by atoms with van der Waals surface area (Å²) < 4.78 is 11.2. The third-order valence-corrected chi connectivity index (χ3v) is 17.6. The zero-order valence-corrected chi connectivity index (χ0v) is 37.4. The molecule has 1 aliphatic heterocycles. The molecule has 13 rings (SSSR count). The van der Waals surface area contributed by atoms with Crippen LogP contribution in [0.5, 0.6) is 11.5 Å². The Hall–Kier alpha value is -7.57. The molecular formula is C56H35N5OPtSi. The molecule has 0 amide bonds. The second kappa shape index (κ2) is 15.1. The molecule has 0 saturated heterocycles. The summed E-state index contributed by atoms with van der Waals surface area (Å²) >= 11 is 0. The molecule has 0 bridgehead atoms. The Balaban J connectivity index is 0.00000433. The van der Waals surface area contributed by atoms with E-state index in [0.29, 0.717) is 11.5 Å². The topological polar surface area (TPSA) is 47.6 Å². The van der Waals surface area contributed by atoms with Crippen molar-refractivity contribution in [2.24, 2.45) is 0 Å². The Kier molecular flexibility index (Phi) is 8.97. The fourth-order valence-electron chi connectivity index (χ4n) is 10.2. The van der Waals surface area contributed by atoms with Crippen molar-refractivity contribution in [2.45, 2.75) is 0 Å². The van der Waals surface area contributed by atoms with Crippen molar-refractivity contribution < 1.29 is 25.8 Å². The van der Waals surface area contributed by atoms with Gasteiger partial charge >= 0.3 is 21.1 Å². The van der Waals surface area contributed by atoms with E-state index >= 15 is 0 Å². The largest absolute Gasteiger partial charge is 2.00 e. The molecule has 8 heteroatoms. The van der Waals surface area contributed by atoms with Gasteiger partial charge in [-0.3, -0.25) is 4.98 Å². The normalized spacial score (nSPS) is 13.0. The van der Waals surface area contributed by atoms with Gasteiger partial charge in [0.1, 0.15) is 5.65 Å². The molecule has 0 N–H and O–H groups in total. The smallest absolute Gasteiger partial charge is 0.503 e. The molecule has 0 spiro atoms. The van der Waals surface area contributed by atoms with Gasteiger partial charge in [-0.05, 0) is 63.4 Å². The fraction of sp³-hybridized carbons (Fsp3) is 0. The first-order valence-corrected chi connectivity index (χ1v) is 23.2. The van der Waals surface area contributed by atoms with Crippen LogP contribution >= 0.6 is 0 Å². The van der Waals surface area contributed by atoms with Gasteiger partial charge in [-0.25, -0.2) is 4.98 Å². The van der Waals surface area contributed by atoms with Crippen molar-refractivity contribution in [3.8, 4) is 17.2 Å². The molecule has 4 aromatic heterocycles. The zero-order chi connectivity index (χ0) is 41.5. The summed E-state index contributed by atoms with van der Waals surface area (Å²) in [5.74, 6) is 1.16. The van der Waals surface area contributed by atoms with E-state index in [0.717, 1.165) is 66.3 Å². The Morgan fingerprint density at radius 2 is 1.16 bits per heavy atom. The summed E-state index contributed by atoms with van der Waals surface area (Å²) in [7, 11) is -3.13. The molecular weight excluding hydrogens is 982 g/mol. The number of aromatic nitrogens is 4. The van der Waals surface area contributed by atoms with Crippen molar-refractivity contribution in [1.29, 1.82) is 0 Å². The Morgan fingerprint density at radius 1 is 0.484 bits per heavy atom. The molecule has 304 valence electrons. The number of para-hydroxylation sites is 3. The molecule has 0 saturated carbocycles. The second-order valence-electron chi connectivity index (χ2n) is 16.0. The summed E-state index contributed by atoms with van der Waals surface area (Å²) in [6, 6.07) is 76.9. The van der Waals surface area contributed by atoms with Crippen LogP contribution in [0.4, 0.5) is 17.1 Å². The standard InChI is InChI=1S/C56H35N5OSi.Pt/c1-4-16-38(17-5-1)60-50-27-12-13-28-52(50)63(42-20-6-2-7-21-42,43-22-8-3-9-23-43)54-51(60)32-31-46-47-25-15-33-57-56(47)61(53(46)54)39-18-14-19-40(36-39)62-41-29-30-44-45-24-10-11-26-49(45)59-35-34-58-55(59)48(44)37-41;/h1-35H;/q-2;+2. The molecule has 0 unspecified atom stereocenters. The van der Waals surface area contributed by atoms with E-state index in [1.54, 1.807) is 0 Å². The number of pyridine rings is 2. The number of hydrogen-bond acceptors (Lipinski definition) is 4. The van der Waals surface area contributed by atoms with Crippen LogP contribution in [0.2, 0.25) is 0 Å². The summed E-state index contributed by atoms with van der Waals surface area (Å²) in [6.07, 6.45) is 5.72. The molecule has 8 aromatic carbocycles. The quantitative estimate of drug-likeness (QED) is 0.0946. The van der Waals surface area contributed by atoms with Gasteiger partial charge in [0.25, 0.3) is 0 Å². The minimum absolute atomic E-state index is 0. The van der Waals surface area contributed by atoms with Crippen molar-refractivity contribution in [2.75, 3.05) is 4.90 Å². The van der Waals surface area contributed by atoms with Gasteiger partial charge in [-0.2, -0.15) is 6.07 Å². The van der Waals surface area contributed by atoms with Crippen LogP contribution in [-0.2, 0) is 21.1 Å². The van der Waals surface area contributed by atoms with Gasteiger partial charge in [0.2, 0.25) is 0 Å². The predicted molar refractivity (Wildman–Crippen MR) is 258 cm³/mol. The van der Waals surface area contributed by atoms with Crippen molar-refractivity contribution in [3.63, 3.8) is 0 Å². The number of imidazole rings is 1. The molecule has 12 aromatic rings. The molecule has 64 heavy (non-hydrogen) atoms. The fourth-order valence-corrected chi connectivity index (χ4v) is 15.5. The average Bonchev–Trinajstić information content (AvgIpc) is 3.99. The van der Waals surface area contributed by atoms with Crippen LogP contribution < -0.4 is 30.4 Å². The van der Waals surface area contributed by atoms with E-state index in [9.17, 15) is 0 Å². The summed E-state index contributed by atoms with van der Waals surface area (Å²) in [4.78, 5) is 12.3. The summed E-state index contributed by atoms with van der Waals surface area (Å²) in [5.41, 5.74) is 8.16. The molecule has 0 radical (unpaired) electrons. The van der Waals surface area contributed by atoms with E-state index in [1.807, 2.05) is 42.9 Å². The van der Waals surface area contributed by atoms with E-state index in [2.05, 4.69) is 196 Å². The maximum atomic E-state index is 6.72. The average molecular weight is 1020 g/mol. The Labute approximate surface area is 384 Å². The number of hydrogen-bond donors (Lipinski definition) is 0. The van der Waals surface area contributed by atoms with Crippen molar-refractivity contribution in [3.05, 3.63) is 225 Å². The molecule has 5 heterocycles. The Morgan fingerprint density at radius 3 is 1.97 bits per heavy atom. The third kappa shape index (κ3) is 5.54. The number of fused-ring (bicyclic) bond motifs is 12. The monoisotopic (exact) mass is 1020 g/mol. The number of nitrogens with zero attached hydrogens (tertiary/aromatic N) is 5. The van der Waals surface area contributed by atoms with Gasteiger partial charge < -0.3 is 18.6 Å². The maximum absolute atomic E-state index is 6.72. The van der Waals surface area contributed by atoms with Gasteiger partial charge in [-0.15, -0.1) is 30.3 Å². The van der Waals surface area contributed by atoms with Crippen LogP contribution in [0.15, 0.2) is 213 Å². The second-order valence-corrected chi connectivity index (χ2v) is 19.7. The van der Waals surface area contributed by atoms with Crippen LogP contribution in [-0.4, -0.2) is 27.0 Å². The number of anilines is 3. The first-order chi connectivity index (χ1) is 31.3. The van der Waals surface area contributed by atoms with Gasteiger partial charge in [0.05, 0.1) is 11.2 Å². The third-order valence-electron chi connectivity index (χ3n) is 12.7. The van der Waals surface area contributed by atoms with Crippen LogP contribution in [0.1, 0.15) is 0 Å². The van der Waals surface area contributed by atoms with Crippen LogP contribution in [0.25, 0.3) is 54.9 Å². The minimum Gasteiger partial charge on any atom is -0.503 e. The zero-order valence-electron chi connectivity index (χ0n) is 34.2. The minimum atomic E-state index is -3.13.